The molecule has 0 unspecified atom stereocenters. The minimum Gasteiger partial charge on any atom is -0.497 e. The normalized spacial score (nSPS) is 10.6. The van der Waals surface area contributed by atoms with Gasteiger partial charge in [0.2, 0.25) is 11.9 Å². The number of nitrogens with two attached hydrogens (primary N) is 2. The number of aromatic nitrogens is 10. The third-order valence-corrected chi connectivity index (χ3v) is 11.5. The van der Waals surface area contributed by atoms with Crippen molar-refractivity contribution in [3.63, 3.8) is 0 Å². The molecule has 21 nitrogen and oxygen atoms in total. The predicted molar refractivity (Wildman–Crippen MR) is 278 cm³/mol. The number of hydrogen-bond donors (Lipinski definition) is 2. The lowest BCUT2D eigenvalue weighted by atomic mass is 10.1. The maximum atomic E-state index is 6.26. The van der Waals surface area contributed by atoms with E-state index in [2.05, 4.69) is 30.1 Å². The second-order valence-electron chi connectivity index (χ2n) is 16.3. The van der Waals surface area contributed by atoms with Crippen molar-refractivity contribution in [2.24, 2.45) is 14.1 Å². The fourth-order valence-corrected chi connectivity index (χ4v) is 7.81. The molecule has 73 heavy (non-hydrogen) atoms. The van der Waals surface area contributed by atoms with Gasteiger partial charge in [0.15, 0.2) is 34.3 Å². The monoisotopic (exact) mass is 994 g/mol. The summed E-state index contributed by atoms with van der Waals surface area (Å²) in [5.74, 6) is 5.03. The second-order valence-corrected chi connectivity index (χ2v) is 16.3. The van der Waals surface area contributed by atoms with Gasteiger partial charge in [0.1, 0.15) is 35.7 Å². The summed E-state index contributed by atoms with van der Waals surface area (Å²) >= 11 is 0. The minimum absolute atomic E-state index is 0. The highest BCUT2D eigenvalue weighted by Crippen LogP contribution is 2.33. The van der Waals surface area contributed by atoms with Gasteiger partial charge in [-0.15, -0.1) is 0 Å². The van der Waals surface area contributed by atoms with E-state index >= 15 is 0 Å². The summed E-state index contributed by atoms with van der Waals surface area (Å²) in [6, 6.07) is 31.1. The smallest absolute Gasteiger partial charge is 0.202 e. The van der Waals surface area contributed by atoms with Crippen LogP contribution < -0.4 is 39.9 Å². The van der Waals surface area contributed by atoms with Crippen LogP contribution in [0.5, 0.6) is 34.5 Å². The van der Waals surface area contributed by atoms with Crippen molar-refractivity contribution >= 4 is 34.2 Å². The fraction of sp³-hybridized carbons (Fsp3) is 0.192. The maximum absolute atomic E-state index is 6.26. The van der Waals surface area contributed by atoms with Gasteiger partial charge in [0.25, 0.3) is 0 Å². The van der Waals surface area contributed by atoms with Crippen molar-refractivity contribution in [1.29, 1.82) is 0 Å². The molecule has 0 amide bonds. The number of rotatable bonds is 16. The first kappa shape index (κ1) is 53.2. The molecule has 0 spiro atoms. The second kappa shape index (κ2) is 23.6. The van der Waals surface area contributed by atoms with Crippen LogP contribution in [-0.4, -0.2) is 93.5 Å². The van der Waals surface area contributed by atoms with Crippen LogP contribution in [0.4, 0.5) is 11.9 Å². The molecule has 0 radical (unpaired) electrons. The largest absolute Gasteiger partial charge is 0.497 e. The fourth-order valence-electron chi connectivity index (χ4n) is 7.81. The molecular formula is C52H58N12O9. The van der Waals surface area contributed by atoms with Gasteiger partial charge in [-0.25, -0.2) is 19.9 Å². The third kappa shape index (κ3) is 12.1. The molecule has 380 valence electrons. The van der Waals surface area contributed by atoms with Gasteiger partial charge in [0.05, 0.1) is 53.9 Å². The number of benzene rings is 4. The Hall–Kier alpha value is -9.18. The third-order valence-electron chi connectivity index (χ3n) is 11.5. The van der Waals surface area contributed by atoms with E-state index < -0.39 is 0 Å². The molecular weight excluding hydrogens is 937 g/mol. The standard InChI is InChI=1S/2C26H26N6O3.3H2O/c2*1-31-15-20(13-29-31)19-11-22-25(28-12-19)32(26(27)30-22)14-18-6-9-23(24(10-18)34-3)35-16-17-4-7-21(33-2)8-5-17;;;/h2*4-13,15H,14,16H2,1-3H3,(H2,27,30);3*1H2. The van der Waals surface area contributed by atoms with Crippen molar-refractivity contribution in [2.45, 2.75) is 26.3 Å². The molecule has 0 bridgehead atoms. The molecule has 10 N–H and O–H groups in total. The number of imidazole rings is 2. The molecule has 0 aliphatic rings. The zero-order valence-corrected chi connectivity index (χ0v) is 41.1. The average Bonchev–Trinajstić information content (AvgIpc) is 4.18. The zero-order valence-electron chi connectivity index (χ0n) is 41.1. The Morgan fingerprint density at radius 3 is 1.16 bits per heavy atom. The Morgan fingerprint density at radius 1 is 0.438 bits per heavy atom. The number of pyridine rings is 2. The van der Waals surface area contributed by atoms with E-state index in [9.17, 15) is 0 Å². The molecule has 6 aromatic heterocycles. The topological polar surface area (TPSA) is 299 Å². The number of nitrogens with zero attached hydrogens (tertiary/aromatic N) is 10. The van der Waals surface area contributed by atoms with Crippen molar-refractivity contribution < 1.29 is 44.8 Å². The Kier molecular flexibility index (Phi) is 17.2. The van der Waals surface area contributed by atoms with Crippen LogP contribution in [0.15, 0.2) is 134 Å². The highest BCUT2D eigenvalue weighted by molar-refractivity contribution is 5.81. The highest BCUT2D eigenvalue weighted by Gasteiger charge is 2.16. The number of ether oxygens (including phenoxy) is 6. The quantitative estimate of drug-likeness (QED) is 0.118. The van der Waals surface area contributed by atoms with Crippen LogP contribution in [0, 0.1) is 0 Å². The van der Waals surface area contributed by atoms with Crippen molar-refractivity contribution in [2.75, 3.05) is 39.9 Å². The summed E-state index contributed by atoms with van der Waals surface area (Å²) in [5, 5.41) is 8.45. The van der Waals surface area contributed by atoms with Gasteiger partial charge in [-0.05, 0) is 82.9 Å². The van der Waals surface area contributed by atoms with E-state index in [0.29, 0.717) is 72.5 Å². The van der Waals surface area contributed by atoms with Gasteiger partial charge in [0, 0.05) is 61.1 Å². The van der Waals surface area contributed by atoms with Crippen molar-refractivity contribution in [3.05, 3.63) is 156 Å². The molecule has 6 heterocycles. The first-order valence-electron chi connectivity index (χ1n) is 22.1. The van der Waals surface area contributed by atoms with Crippen LogP contribution in [0.25, 0.3) is 44.6 Å². The molecule has 0 aliphatic heterocycles. The summed E-state index contributed by atoms with van der Waals surface area (Å²) in [6.07, 6.45) is 11.1. The summed E-state index contributed by atoms with van der Waals surface area (Å²) in [5.41, 5.74) is 23.3. The number of fused-ring (bicyclic) bond motifs is 2. The summed E-state index contributed by atoms with van der Waals surface area (Å²) in [4.78, 5) is 18.3. The SMILES string of the molecule is COc1ccc(COc2ccc(Cn3c(N)nc4cc(-c5cnn(C)c5)cnc43)cc2OC)cc1.COc1ccc(COc2ccc(Cn3c(N)nc4cc(-c5cnn(C)c5)cnc43)cc2OC)cc1.O.O.O. The number of methoxy groups -OCH3 is 4. The highest BCUT2D eigenvalue weighted by atomic mass is 16.5. The van der Waals surface area contributed by atoms with E-state index in [0.717, 1.165) is 67.0 Å². The molecule has 4 aromatic carbocycles. The van der Waals surface area contributed by atoms with Crippen LogP contribution in [0.2, 0.25) is 0 Å². The molecule has 0 saturated carbocycles. The van der Waals surface area contributed by atoms with Gasteiger partial charge in [-0.1, -0.05) is 36.4 Å². The Bertz CT molecular complexity index is 3180. The van der Waals surface area contributed by atoms with Crippen LogP contribution in [0.3, 0.4) is 0 Å². The van der Waals surface area contributed by atoms with Gasteiger partial charge >= 0.3 is 0 Å². The Balaban J connectivity index is 0.000000229. The first-order valence-corrected chi connectivity index (χ1v) is 22.1. The maximum Gasteiger partial charge on any atom is 0.202 e. The van der Waals surface area contributed by atoms with Gasteiger partial charge in [-0.2, -0.15) is 10.2 Å². The lowest BCUT2D eigenvalue weighted by molar-refractivity contribution is 0.284. The van der Waals surface area contributed by atoms with Crippen LogP contribution >= 0.6 is 0 Å². The first-order chi connectivity index (χ1) is 34.1. The minimum atomic E-state index is 0. The van der Waals surface area contributed by atoms with Crippen LogP contribution in [-0.2, 0) is 40.4 Å². The van der Waals surface area contributed by atoms with E-state index in [1.165, 1.54) is 0 Å². The lowest BCUT2D eigenvalue weighted by Crippen LogP contribution is -2.06. The summed E-state index contributed by atoms with van der Waals surface area (Å²) < 4.78 is 40.9. The number of nitrogen functional groups attached to an aromatic ring is 2. The summed E-state index contributed by atoms with van der Waals surface area (Å²) in [7, 11) is 10.3. The predicted octanol–water partition coefficient (Wildman–Crippen LogP) is 5.64. The number of anilines is 2. The summed E-state index contributed by atoms with van der Waals surface area (Å²) in [6.45, 7) is 1.83. The van der Waals surface area contributed by atoms with Gasteiger partial charge < -0.3 is 56.3 Å². The lowest BCUT2D eigenvalue weighted by Gasteiger charge is -2.13. The molecule has 0 saturated heterocycles. The molecule has 10 aromatic rings. The van der Waals surface area contributed by atoms with E-state index in [-0.39, 0.29) is 16.4 Å². The van der Waals surface area contributed by atoms with E-state index in [4.69, 9.17) is 39.9 Å². The average molecular weight is 995 g/mol. The molecule has 10 rings (SSSR count). The Labute approximate surface area is 420 Å². The molecule has 0 aliphatic carbocycles. The number of aryl methyl sites for hydroxylation is 2. The van der Waals surface area contributed by atoms with Crippen molar-refractivity contribution in [3.8, 4) is 56.8 Å². The van der Waals surface area contributed by atoms with Crippen molar-refractivity contribution in [1.82, 2.24) is 48.6 Å². The van der Waals surface area contributed by atoms with E-state index in [1.54, 1.807) is 50.2 Å². The zero-order chi connectivity index (χ0) is 48.7. The molecule has 21 heteroatoms. The molecule has 0 fully saturated rings. The van der Waals surface area contributed by atoms with Crippen LogP contribution in [0.1, 0.15) is 22.3 Å². The van der Waals surface area contributed by atoms with Gasteiger partial charge in [-0.3, -0.25) is 18.5 Å². The Morgan fingerprint density at radius 2 is 0.822 bits per heavy atom. The van der Waals surface area contributed by atoms with E-state index in [1.807, 2.05) is 145 Å². The number of hydrogen-bond acceptors (Lipinski definition) is 14. The molecule has 0 atom stereocenters.